The van der Waals surface area contributed by atoms with Crippen LogP contribution in [0.4, 0.5) is 15.8 Å². The maximum absolute atomic E-state index is 13.7. The summed E-state index contributed by atoms with van der Waals surface area (Å²) in [4.78, 5) is 28.0. The lowest BCUT2D eigenvalue weighted by Crippen LogP contribution is -2.32. The van der Waals surface area contributed by atoms with Crippen LogP contribution in [0.5, 0.6) is 0 Å². The Labute approximate surface area is 174 Å². The van der Waals surface area contributed by atoms with Crippen molar-refractivity contribution < 1.29 is 14.0 Å². The first-order valence-corrected chi connectivity index (χ1v) is 9.65. The molecule has 0 atom stereocenters. The van der Waals surface area contributed by atoms with Crippen LogP contribution in [0.25, 0.3) is 5.57 Å². The molecule has 3 aromatic rings. The van der Waals surface area contributed by atoms with Crippen LogP contribution in [0.2, 0.25) is 0 Å². The molecule has 4 rings (SSSR count). The Hall–Kier alpha value is -3.73. The van der Waals surface area contributed by atoms with Gasteiger partial charge in [-0.25, -0.2) is 9.29 Å². The highest BCUT2D eigenvalue weighted by molar-refractivity contribution is 6.46. The number of anilines is 2. The number of nitrogens with one attached hydrogen (secondary N) is 1. The van der Waals surface area contributed by atoms with Gasteiger partial charge >= 0.3 is 0 Å². The first-order valence-electron chi connectivity index (χ1n) is 9.65. The van der Waals surface area contributed by atoms with Gasteiger partial charge in [0.2, 0.25) is 0 Å². The van der Waals surface area contributed by atoms with Gasteiger partial charge < -0.3 is 5.32 Å². The summed E-state index contributed by atoms with van der Waals surface area (Å²) in [7, 11) is 0. The molecular formula is C25H21FN2O2. The number of hydrogen-bond donors (Lipinski definition) is 1. The van der Waals surface area contributed by atoms with Crippen LogP contribution in [-0.2, 0) is 9.59 Å². The van der Waals surface area contributed by atoms with E-state index >= 15 is 0 Å². The largest absolute Gasteiger partial charge is 0.350 e. The zero-order chi connectivity index (χ0) is 21.4. The highest BCUT2D eigenvalue weighted by Gasteiger charge is 2.40. The molecule has 2 amide bonds. The molecule has 1 N–H and O–H groups in total. The van der Waals surface area contributed by atoms with Gasteiger partial charge in [0, 0.05) is 5.69 Å². The quantitative estimate of drug-likeness (QED) is 0.617. The molecule has 1 aliphatic heterocycles. The number of carbonyl (C=O) groups excluding carboxylic acids is 2. The molecule has 4 nitrogen and oxygen atoms in total. The topological polar surface area (TPSA) is 49.4 Å². The van der Waals surface area contributed by atoms with Gasteiger partial charge in [0.05, 0.1) is 11.3 Å². The first-order chi connectivity index (χ1) is 14.3. The number of carbonyl (C=O) groups is 2. The monoisotopic (exact) mass is 400 g/mol. The predicted molar refractivity (Wildman–Crippen MR) is 117 cm³/mol. The second-order valence-corrected chi connectivity index (χ2v) is 7.49. The van der Waals surface area contributed by atoms with Gasteiger partial charge in [-0.2, -0.15) is 0 Å². The summed E-state index contributed by atoms with van der Waals surface area (Å²) in [6.07, 6.45) is 0. The third-order valence-electron chi connectivity index (χ3n) is 5.09. The van der Waals surface area contributed by atoms with Crippen LogP contribution in [0.3, 0.4) is 0 Å². The third kappa shape index (κ3) is 3.50. The zero-order valence-electron chi connectivity index (χ0n) is 17.0. The molecule has 0 fully saturated rings. The van der Waals surface area contributed by atoms with Crippen molar-refractivity contribution in [3.05, 3.63) is 100 Å². The molecule has 30 heavy (non-hydrogen) atoms. The van der Waals surface area contributed by atoms with Crippen molar-refractivity contribution in [2.24, 2.45) is 0 Å². The molecule has 0 unspecified atom stereocenters. The first kappa shape index (κ1) is 19.6. The molecule has 1 heterocycles. The number of amides is 2. The molecular weight excluding hydrogens is 379 g/mol. The Bertz CT molecular complexity index is 1210. The van der Waals surface area contributed by atoms with Gasteiger partial charge in [0.1, 0.15) is 11.5 Å². The Morgan fingerprint density at radius 2 is 1.53 bits per heavy atom. The lowest BCUT2D eigenvalue weighted by molar-refractivity contribution is -0.120. The average Bonchev–Trinajstić information content (AvgIpc) is 2.92. The summed E-state index contributed by atoms with van der Waals surface area (Å²) >= 11 is 0. The highest BCUT2D eigenvalue weighted by Crippen LogP contribution is 2.35. The van der Waals surface area contributed by atoms with Gasteiger partial charge in [0.25, 0.3) is 11.8 Å². The molecule has 0 aromatic heterocycles. The molecule has 0 radical (unpaired) electrons. The molecule has 1 aliphatic rings. The number of aryl methyl sites for hydroxylation is 3. The second-order valence-electron chi connectivity index (χ2n) is 7.49. The fraction of sp³-hybridized carbons (Fsp3) is 0.120. The van der Waals surface area contributed by atoms with Crippen molar-refractivity contribution in [2.45, 2.75) is 20.8 Å². The fourth-order valence-electron chi connectivity index (χ4n) is 3.70. The van der Waals surface area contributed by atoms with Crippen molar-refractivity contribution in [3.8, 4) is 0 Å². The summed E-state index contributed by atoms with van der Waals surface area (Å²) < 4.78 is 13.7. The molecule has 0 saturated heterocycles. The van der Waals surface area contributed by atoms with E-state index in [1.165, 1.54) is 17.0 Å². The van der Waals surface area contributed by atoms with E-state index in [2.05, 4.69) is 5.32 Å². The van der Waals surface area contributed by atoms with Crippen molar-refractivity contribution >= 4 is 28.8 Å². The normalized spacial score (nSPS) is 13.9. The number of nitrogens with zero attached hydrogens (tertiary/aromatic N) is 1. The minimum Gasteiger partial charge on any atom is -0.350 e. The minimum absolute atomic E-state index is 0.138. The summed E-state index contributed by atoms with van der Waals surface area (Å²) in [6, 6.07) is 18.8. The van der Waals surface area contributed by atoms with E-state index in [0.717, 1.165) is 16.7 Å². The molecule has 0 bridgehead atoms. The average molecular weight is 400 g/mol. The van der Waals surface area contributed by atoms with Crippen LogP contribution in [0.1, 0.15) is 22.3 Å². The maximum Gasteiger partial charge on any atom is 0.282 e. The maximum atomic E-state index is 13.7. The van der Waals surface area contributed by atoms with Crippen molar-refractivity contribution in [3.63, 3.8) is 0 Å². The van der Waals surface area contributed by atoms with Crippen LogP contribution in [0.15, 0.2) is 72.4 Å². The van der Waals surface area contributed by atoms with E-state index in [0.29, 0.717) is 16.9 Å². The summed E-state index contributed by atoms with van der Waals surface area (Å²) in [5, 5.41) is 2.99. The molecule has 5 heteroatoms. The number of imide groups is 1. The van der Waals surface area contributed by atoms with Crippen LogP contribution < -0.4 is 10.2 Å². The number of halogens is 1. The Morgan fingerprint density at radius 3 is 2.23 bits per heavy atom. The number of benzene rings is 3. The van der Waals surface area contributed by atoms with E-state index in [-0.39, 0.29) is 11.3 Å². The van der Waals surface area contributed by atoms with Gasteiger partial charge in [-0.3, -0.25) is 9.59 Å². The highest BCUT2D eigenvalue weighted by atomic mass is 19.1. The summed E-state index contributed by atoms with van der Waals surface area (Å²) in [5.41, 5.74) is 4.88. The lowest BCUT2D eigenvalue weighted by Gasteiger charge is -2.16. The van der Waals surface area contributed by atoms with E-state index in [9.17, 15) is 14.0 Å². The van der Waals surface area contributed by atoms with Gasteiger partial charge in [-0.1, -0.05) is 42.0 Å². The standard InChI is InChI=1S/C25H21FN2O2/c1-15-6-4-9-20(13-15)28-24(29)22(21-11-10-16(2)12-17(21)3)23(25(28)30)27-19-8-5-7-18(26)14-19/h4-14,27H,1-3H3. The molecule has 0 spiro atoms. The molecule has 3 aromatic carbocycles. The van der Waals surface area contributed by atoms with Crippen LogP contribution in [0, 0.1) is 26.6 Å². The lowest BCUT2D eigenvalue weighted by atomic mass is 9.97. The summed E-state index contributed by atoms with van der Waals surface area (Å²) in [6.45, 7) is 5.78. The second kappa shape index (κ2) is 7.59. The van der Waals surface area contributed by atoms with Gasteiger partial charge in [0.15, 0.2) is 0 Å². The molecule has 0 saturated carbocycles. The van der Waals surface area contributed by atoms with E-state index in [1.807, 2.05) is 45.0 Å². The van der Waals surface area contributed by atoms with Gasteiger partial charge in [-0.05, 0) is 67.8 Å². The minimum atomic E-state index is -0.468. The molecule has 150 valence electrons. The summed E-state index contributed by atoms with van der Waals surface area (Å²) in [5.74, 6) is -1.30. The van der Waals surface area contributed by atoms with Crippen LogP contribution >= 0.6 is 0 Å². The van der Waals surface area contributed by atoms with E-state index in [1.54, 1.807) is 30.3 Å². The SMILES string of the molecule is Cc1cccc(N2C(=O)C(Nc3cccc(F)c3)=C(c3ccc(C)cc3C)C2=O)c1. The van der Waals surface area contributed by atoms with Crippen molar-refractivity contribution in [1.82, 2.24) is 0 Å². The van der Waals surface area contributed by atoms with Crippen molar-refractivity contribution in [2.75, 3.05) is 10.2 Å². The predicted octanol–water partition coefficient (Wildman–Crippen LogP) is 5.15. The molecule has 0 aliphatic carbocycles. The Kier molecular flexibility index (Phi) is 4.96. The Balaban J connectivity index is 1.87. The van der Waals surface area contributed by atoms with Crippen molar-refractivity contribution in [1.29, 1.82) is 0 Å². The number of hydrogen-bond acceptors (Lipinski definition) is 3. The fourth-order valence-corrected chi connectivity index (χ4v) is 3.70. The Morgan fingerprint density at radius 1 is 0.800 bits per heavy atom. The third-order valence-corrected chi connectivity index (χ3v) is 5.09. The van der Waals surface area contributed by atoms with E-state index < -0.39 is 17.6 Å². The smallest absolute Gasteiger partial charge is 0.282 e. The van der Waals surface area contributed by atoms with E-state index in [4.69, 9.17) is 0 Å². The van der Waals surface area contributed by atoms with Crippen LogP contribution in [-0.4, -0.2) is 11.8 Å². The zero-order valence-corrected chi connectivity index (χ0v) is 17.0. The van der Waals surface area contributed by atoms with Gasteiger partial charge in [-0.15, -0.1) is 0 Å². The number of rotatable bonds is 4.